The Kier molecular flexibility index (Phi) is 7.91. The first-order valence-electron chi connectivity index (χ1n) is 22.4. The zero-order valence-corrected chi connectivity index (χ0v) is 35.6. The normalized spacial score (nSPS) is 11.9. The standard InChI is InChI=1S/C61H37N5/c1-2-16-38(17-3-1)59-62-60(64-61(63-59)53-34-42-21-6-8-22-45(42)47-24-10-11-25-48(47)53)43-32-41-20-7-9-23-46(41)56(36-43)66-57-35-40-19-5-4-18-39(40)33-52(57)51-31-30-44(37-58(51)66)65-54-28-14-12-26-49(54)50-27-13-15-29-55(50)65/h1-37H. The molecular formula is C61H37N5. The number of rotatable bonds is 5. The molecule has 0 saturated carbocycles. The van der Waals surface area contributed by atoms with Gasteiger partial charge in [-0.1, -0.05) is 170 Å². The van der Waals surface area contributed by atoms with Gasteiger partial charge in [-0.05, 0) is 92.3 Å². The zero-order chi connectivity index (χ0) is 43.3. The molecule has 0 aliphatic carbocycles. The van der Waals surface area contributed by atoms with Crippen LogP contribution in [0.5, 0.6) is 0 Å². The van der Waals surface area contributed by atoms with Crippen molar-refractivity contribution in [3.05, 3.63) is 224 Å². The lowest BCUT2D eigenvalue weighted by Crippen LogP contribution is -2.02. The molecule has 0 fully saturated rings. The van der Waals surface area contributed by atoms with E-state index in [-0.39, 0.29) is 0 Å². The maximum absolute atomic E-state index is 5.42. The summed E-state index contributed by atoms with van der Waals surface area (Å²) in [6.45, 7) is 0. The molecule has 0 unspecified atom stereocenters. The van der Waals surface area contributed by atoms with Crippen LogP contribution in [0.3, 0.4) is 0 Å². The van der Waals surface area contributed by atoms with E-state index < -0.39 is 0 Å². The highest BCUT2D eigenvalue weighted by Gasteiger charge is 2.21. The SMILES string of the molecule is c1ccc(-c2nc(-c3cc(-n4c5cc(-n6c7ccccc7c7ccccc76)ccc5c5cc6ccccc6cc54)c4ccccc4c3)nc(-c3cc4ccccc4c4ccccc34)n2)cc1. The van der Waals surface area contributed by atoms with Crippen LogP contribution in [0.15, 0.2) is 224 Å². The molecule has 5 heteroatoms. The van der Waals surface area contributed by atoms with Crippen molar-refractivity contribution in [2.75, 3.05) is 0 Å². The van der Waals surface area contributed by atoms with Gasteiger partial charge in [0.05, 0.1) is 27.8 Å². The number of para-hydroxylation sites is 2. The molecular weight excluding hydrogens is 803 g/mol. The predicted molar refractivity (Wildman–Crippen MR) is 275 cm³/mol. The molecule has 0 atom stereocenters. The van der Waals surface area contributed by atoms with Crippen LogP contribution in [-0.2, 0) is 0 Å². The van der Waals surface area contributed by atoms with Crippen LogP contribution in [0.1, 0.15) is 0 Å². The van der Waals surface area contributed by atoms with Gasteiger partial charge in [-0.15, -0.1) is 0 Å². The molecule has 3 heterocycles. The third kappa shape index (κ3) is 5.57. The van der Waals surface area contributed by atoms with Gasteiger partial charge in [-0.2, -0.15) is 0 Å². The highest BCUT2D eigenvalue weighted by molar-refractivity contribution is 6.16. The van der Waals surface area contributed by atoms with E-state index in [1.54, 1.807) is 0 Å². The molecule has 5 nitrogen and oxygen atoms in total. The van der Waals surface area contributed by atoms with Gasteiger partial charge in [0.25, 0.3) is 0 Å². The zero-order valence-electron chi connectivity index (χ0n) is 35.6. The summed E-state index contributed by atoms with van der Waals surface area (Å²) < 4.78 is 4.88. The second kappa shape index (κ2) is 14.3. The minimum absolute atomic E-state index is 0.611. The average Bonchev–Trinajstić information content (AvgIpc) is 3.89. The maximum Gasteiger partial charge on any atom is 0.164 e. The summed E-state index contributed by atoms with van der Waals surface area (Å²) in [6, 6.07) is 80.6. The lowest BCUT2D eigenvalue weighted by molar-refractivity contribution is 1.07. The first-order chi connectivity index (χ1) is 32.7. The molecule has 0 saturated heterocycles. The second-order valence-electron chi connectivity index (χ2n) is 17.2. The molecule has 3 aromatic heterocycles. The molecule has 0 spiro atoms. The monoisotopic (exact) mass is 839 g/mol. The van der Waals surface area contributed by atoms with Gasteiger partial charge in [0, 0.05) is 49.3 Å². The molecule has 0 radical (unpaired) electrons. The van der Waals surface area contributed by atoms with Crippen molar-refractivity contribution in [3.63, 3.8) is 0 Å². The van der Waals surface area contributed by atoms with Crippen LogP contribution in [0.2, 0.25) is 0 Å². The molecule has 66 heavy (non-hydrogen) atoms. The third-order valence-electron chi connectivity index (χ3n) is 13.5. The summed E-state index contributed by atoms with van der Waals surface area (Å²) in [5.41, 5.74) is 9.57. The maximum atomic E-state index is 5.42. The molecule has 0 amide bonds. The fourth-order valence-corrected chi connectivity index (χ4v) is 10.5. The number of benzene rings is 11. The van der Waals surface area contributed by atoms with E-state index in [0.717, 1.165) is 60.6 Å². The van der Waals surface area contributed by atoms with Crippen molar-refractivity contribution >= 4 is 86.7 Å². The number of hydrogen-bond acceptors (Lipinski definition) is 3. The largest absolute Gasteiger partial charge is 0.309 e. The summed E-state index contributed by atoms with van der Waals surface area (Å²) >= 11 is 0. The lowest BCUT2D eigenvalue weighted by atomic mass is 9.97. The molecule has 0 N–H and O–H groups in total. The Morgan fingerprint density at radius 1 is 0.258 bits per heavy atom. The quantitative estimate of drug-likeness (QED) is 0.162. The smallest absolute Gasteiger partial charge is 0.164 e. The Balaban J connectivity index is 1.07. The van der Waals surface area contributed by atoms with Crippen LogP contribution in [0.25, 0.3) is 132 Å². The van der Waals surface area contributed by atoms with Gasteiger partial charge in [0.1, 0.15) is 0 Å². The highest BCUT2D eigenvalue weighted by atomic mass is 15.0. The molecule has 0 bridgehead atoms. The van der Waals surface area contributed by atoms with Crippen molar-refractivity contribution in [1.82, 2.24) is 24.1 Å². The van der Waals surface area contributed by atoms with E-state index in [2.05, 4.69) is 215 Å². The van der Waals surface area contributed by atoms with E-state index in [9.17, 15) is 0 Å². The Hall–Kier alpha value is -8.93. The Morgan fingerprint density at radius 2 is 0.773 bits per heavy atom. The van der Waals surface area contributed by atoms with Crippen molar-refractivity contribution in [2.45, 2.75) is 0 Å². The van der Waals surface area contributed by atoms with Gasteiger partial charge < -0.3 is 9.13 Å². The summed E-state index contributed by atoms with van der Waals surface area (Å²) in [4.78, 5) is 16.0. The Morgan fingerprint density at radius 3 is 1.50 bits per heavy atom. The van der Waals surface area contributed by atoms with Crippen LogP contribution in [0.4, 0.5) is 0 Å². The van der Waals surface area contributed by atoms with E-state index in [0.29, 0.717) is 17.5 Å². The lowest BCUT2D eigenvalue weighted by Gasteiger charge is -2.16. The number of hydrogen-bond donors (Lipinski definition) is 0. The molecule has 14 rings (SSSR count). The van der Waals surface area contributed by atoms with Gasteiger partial charge >= 0.3 is 0 Å². The van der Waals surface area contributed by atoms with Crippen molar-refractivity contribution in [3.8, 4) is 45.5 Å². The van der Waals surface area contributed by atoms with E-state index in [1.165, 1.54) is 54.1 Å². The topological polar surface area (TPSA) is 48.5 Å². The van der Waals surface area contributed by atoms with Crippen LogP contribution >= 0.6 is 0 Å². The fourth-order valence-electron chi connectivity index (χ4n) is 10.5. The average molecular weight is 840 g/mol. The first-order valence-corrected chi connectivity index (χ1v) is 22.4. The van der Waals surface area contributed by atoms with Crippen molar-refractivity contribution < 1.29 is 0 Å². The summed E-state index contributed by atoms with van der Waals surface area (Å²) in [5, 5.41) is 14.1. The molecule has 11 aromatic carbocycles. The minimum Gasteiger partial charge on any atom is -0.309 e. The van der Waals surface area contributed by atoms with Gasteiger partial charge in [0.2, 0.25) is 0 Å². The second-order valence-corrected chi connectivity index (χ2v) is 17.2. The predicted octanol–water partition coefficient (Wildman–Crippen LogP) is 15.7. The minimum atomic E-state index is 0.611. The molecule has 14 aromatic rings. The van der Waals surface area contributed by atoms with Crippen molar-refractivity contribution in [1.29, 1.82) is 0 Å². The van der Waals surface area contributed by atoms with Gasteiger partial charge in [-0.25, -0.2) is 15.0 Å². The molecule has 0 aliphatic rings. The number of fused-ring (bicyclic) bond motifs is 11. The number of aromatic nitrogens is 5. The fraction of sp³-hybridized carbons (Fsp3) is 0. The summed E-state index contributed by atoms with van der Waals surface area (Å²) in [7, 11) is 0. The Bertz CT molecular complexity index is 4240. The highest BCUT2D eigenvalue weighted by Crippen LogP contribution is 2.42. The number of nitrogens with zero attached hydrogens (tertiary/aromatic N) is 5. The van der Waals surface area contributed by atoms with Crippen LogP contribution < -0.4 is 0 Å². The van der Waals surface area contributed by atoms with Gasteiger partial charge in [0.15, 0.2) is 17.5 Å². The van der Waals surface area contributed by atoms with E-state index in [1.807, 2.05) is 18.2 Å². The van der Waals surface area contributed by atoms with E-state index in [4.69, 9.17) is 15.0 Å². The third-order valence-corrected chi connectivity index (χ3v) is 13.5. The first kappa shape index (κ1) is 36.5. The van der Waals surface area contributed by atoms with Crippen LogP contribution in [0, 0.1) is 0 Å². The van der Waals surface area contributed by atoms with Crippen LogP contribution in [-0.4, -0.2) is 24.1 Å². The van der Waals surface area contributed by atoms with Gasteiger partial charge in [-0.3, -0.25) is 0 Å². The summed E-state index contributed by atoms with van der Waals surface area (Å²) in [5.74, 6) is 1.87. The van der Waals surface area contributed by atoms with E-state index >= 15 is 0 Å². The van der Waals surface area contributed by atoms with Crippen molar-refractivity contribution in [2.24, 2.45) is 0 Å². The Labute approximate surface area is 379 Å². The summed E-state index contributed by atoms with van der Waals surface area (Å²) in [6.07, 6.45) is 0. The molecule has 306 valence electrons. The molecule has 0 aliphatic heterocycles.